The molecule has 0 fully saturated rings. The van der Waals surface area contributed by atoms with Gasteiger partial charge in [0.2, 0.25) is 5.88 Å². The molecule has 0 saturated heterocycles. The summed E-state index contributed by atoms with van der Waals surface area (Å²) in [7, 11) is 1.75. The molecule has 2 aromatic rings. The van der Waals surface area contributed by atoms with Crippen molar-refractivity contribution in [3.05, 3.63) is 48.0 Å². The first kappa shape index (κ1) is 20.1. The SMILES string of the molecule is CCCCCCCCOc1cc(=NC(=S)NC)cnn1-c1ccccc1. The van der Waals surface area contributed by atoms with Crippen molar-refractivity contribution in [1.82, 2.24) is 15.1 Å². The van der Waals surface area contributed by atoms with Crippen LogP contribution in [0.25, 0.3) is 5.69 Å². The fourth-order valence-electron chi connectivity index (χ4n) is 2.56. The minimum Gasteiger partial charge on any atom is -0.478 e. The summed E-state index contributed by atoms with van der Waals surface area (Å²) < 4.78 is 7.82. The zero-order valence-corrected chi connectivity index (χ0v) is 16.5. The molecule has 0 aliphatic carbocycles. The summed E-state index contributed by atoms with van der Waals surface area (Å²) in [4.78, 5) is 4.32. The van der Waals surface area contributed by atoms with Crippen molar-refractivity contribution < 1.29 is 4.74 Å². The summed E-state index contributed by atoms with van der Waals surface area (Å²) in [5, 5.41) is 8.43. The van der Waals surface area contributed by atoms with Crippen molar-refractivity contribution in [3.8, 4) is 11.6 Å². The van der Waals surface area contributed by atoms with E-state index in [0.717, 1.165) is 12.1 Å². The summed E-state index contributed by atoms with van der Waals surface area (Å²) in [6.07, 6.45) is 9.06. The van der Waals surface area contributed by atoms with Crippen LogP contribution in [-0.2, 0) is 0 Å². The van der Waals surface area contributed by atoms with E-state index in [-0.39, 0.29) is 0 Å². The highest BCUT2D eigenvalue weighted by Gasteiger charge is 2.06. The summed E-state index contributed by atoms with van der Waals surface area (Å²) in [5.74, 6) is 0.671. The molecular weight excluding hydrogens is 344 g/mol. The van der Waals surface area contributed by atoms with Crippen molar-refractivity contribution in [2.75, 3.05) is 13.7 Å². The van der Waals surface area contributed by atoms with Crippen molar-refractivity contribution in [3.63, 3.8) is 0 Å². The lowest BCUT2D eigenvalue weighted by molar-refractivity contribution is 0.280. The number of para-hydroxylation sites is 1. The van der Waals surface area contributed by atoms with E-state index in [4.69, 9.17) is 17.0 Å². The third-order valence-electron chi connectivity index (χ3n) is 3.98. The van der Waals surface area contributed by atoms with Crippen LogP contribution in [0.5, 0.6) is 5.88 Å². The fraction of sp³-hybridized carbons (Fsp3) is 0.450. The average Bonchev–Trinajstić information content (AvgIpc) is 2.68. The van der Waals surface area contributed by atoms with Crippen molar-refractivity contribution >= 4 is 17.3 Å². The van der Waals surface area contributed by atoms with Gasteiger partial charge in [0, 0.05) is 13.1 Å². The number of nitrogens with one attached hydrogen (secondary N) is 1. The van der Waals surface area contributed by atoms with E-state index in [0.29, 0.717) is 23.0 Å². The highest BCUT2D eigenvalue weighted by molar-refractivity contribution is 7.80. The Labute approximate surface area is 161 Å². The van der Waals surface area contributed by atoms with Gasteiger partial charge in [-0.2, -0.15) is 5.10 Å². The summed E-state index contributed by atoms with van der Waals surface area (Å²) in [6, 6.07) is 11.8. The Hall–Kier alpha value is -2.21. The van der Waals surface area contributed by atoms with Crippen LogP contribution in [0.15, 0.2) is 47.6 Å². The van der Waals surface area contributed by atoms with Gasteiger partial charge in [-0.1, -0.05) is 57.2 Å². The van der Waals surface area contributed by atoms with E-state index in [1.54, 1.807) is 17.9 Å². The normalized spacial score (nSPS) is 11.4. The maximum Gasteiger partial charge on any atom is 0.217 e. The quantitative estimate of drug-likeness (QED) is 0.534. The second-order valence-corrected chi connectivity index (χ2v) is 6.47. The van der Waals surface area contributed by atoms with Gasteiger partial charge in [-0.3, -0.25) is 0 Å². The molecule has 0 radical (unpaired) electrons. The van der Waals surface area contributed by atoms with Crippen molar-refractivity contribution in [2.24, 2.45) is 4.99 Å². The molecule has 0 bridgehead atoms. The first-order valence-corrected chi connectivity index (χ1v) is 9.69. The number of aromatic nitrogens is 2. The second-order valence-electron chi connectivity index (χ2n) is 6.08. The molecule has 2 rings (SSSR count). The number of ether oxygens (including phenoxy) is 1. The topological polar surface area (TPSA) is 51.4 Å². The molecule has 0 atom stereocenters. The van der Waals surface area contributed by atoms with Crippen LogP contribution >= 0.6 is 12.2 Å². The Balaban J connectivity index is 2.10. The lowest BCUT2D eigenvalue weighted by Crippen LogP contribution is -2.19. The Morgan fingerprint density at radius 1 is 1.15 bits per heavy atom. The van der Waals surface area contributed by atoms with Crippen LogP contribution in [0.4, 0.5) is 0 Å². The predicted molar refractivity (Wildman–Crippen MR) is 110 cm³/mol. The van der Waals surface area contributed by atoms with Gasteiger partial charge >= 0.3 is 0 Å². The van der Waals surface area contributed by atoms with Crippen LogP contribution < -0.4 is 15.4 Å². The Bertz CT molecular complexity index is 743. The average molecular weight is 373 g/mol. The van der Waals surface area contributed by atoms with Gasteiger partial charge in [0.05, 0.1) is 23.8 Å². The third kappa shape index (κ3) is 6.59. The fourth-order valence-corrected chi connectivity index (χ4v) is 2.66. The first-order valence-electron chi connectivity index (χ1n) is 9.28. The summed E-state index contributed by atoms with van der Waals surface area (Å²) in [5.41, 5.74) is 0.952. The number of thiocarbonyl (C=S) groups is 1. The monoisotopic (exact) mass is 372 g/mol. The number of unbranched alkanes of at least 4 members (excludes halogenated alkanes) is 5. The lowest BCUT2D eigenvalue weighted by atomic mass is 10.1. The highest BCUT2D eigenvalue weighted by Crippen LogP contribution is 2.15. The van der Waals surface area contributed by atoms with E-state index in [9.17, 15) is 0 Å². The molecule has 0 spiro atoms. The van der Waals surface area contributed by atoms with Crippen LogP contribution in [0.2, 0.25) is 0 Å². The minimum atomic E-state index is 0.422. The molecule has 0 saturated carbocycles. The van der Waals surface area contributed by atoms with Crippen molar-refractivity contribution in [1.29, 1.82) is 0 Å². The van der Waals surface area contributed by atoms with E-state index >= 15 is 0 Å². The third-order valence-corrected chi connectivity index (χ3v) is 4.27. The van der Waals surface area contributed by atoms with Gasteiger partial charge in [-0.15, -0.1) is 0 Å². The van der Waals surface area contributed by atoms with Crippen LogP contribution in [0.1, 0.15) is 45.4 Å². The molecule has 140 valence electrons. The predicted octanol–water partition coefficient (Wildman–Crippen LogP) is 4.02. The number of hydrogen-bond acceptors (Lipinski definition) is 3. The number of nitrogens with zero attached hydrogens (tertiary/aromatic N) is 3. The van der Waals surface area contributed by atoms with Gasteiger partial charge in [0.15, 0.2) is 5.11 Å². The van der Waals surface area contributed by atoms with E-state index in [1.807, 2.05) is 36.4 Å². The maximum atomic E-state index is 6.03. The molecule has 0 unspecified atom stereocenters. The summed E-state index contributed by atoms with van der Waals surface area (Å²) in [6.45, 7) is 2.90. The zero-order chi connectivity index (χ0) is 18.6. The molecular formula is C20H28N4OS. The maximum absolute atomic E-state index is 6.03. The minimum absolute atomic E-state index is 0.422. The first-order chi connectivity index (χ1) is 12.7. The largest absolute Gasteiger partial charge is 0.478 e. The van der Waals surface area contributed by atoms with E-state index < -0.39 is 0 Å². The van der Waals surface area contributed by atoms with Crippen LogP contribution in [0.3, 0.4) is 0 Å². The number of benzene rings is 1. The molecule has 1 N–H and O–H groups in total. The van der Waals surface area contributed by atoms with Crippen LogP contribution in [-0.4, -0.2) is 28.5 Å². The zero-order valence-electron chi connectivity index (χ0n) is 15.6. The molecule has 1 heterocycles. The standard InChI is InChI=1S/C20H28N4OS/c1-3-4-5-6-7-11-14-25-19-15-17(23-20(26)21-2)16-22-24(19)18-12-9-8-10-13-18/h8-10,12-13,15-16H,3-7,11,14H2,1-2H3,(H,21,26). The number of hydrogen-bond donors (Lipinski definition) is 1. The van der Waals surface area contributed by atoms with Gasteiger partial charge in [-0.25, -0.2) is 9.67 Å². The van der Waals surface area contributed by atoms with Gasteiger partial charge < -0.3 is 10.1 Å². The molecule has 26 heavy (non-hydrogen) atoms. The smallest absolute Gasteiger partial charge is 0.217 e. The van der Waals surface area contributed by atoms with Gasteiger partial charge in [0.25, 0.3) is 0 Å². The molecule has 6 heteroatoms. The van der Waals surface area contributed by atoms with E-state index in [2.05, 4.69) is 22.3 Å². The lowest BCUT2D eigenvalue weighted by Gasteiger charge is -2.13. The van der Waals surface area contributed by atoms with Crippen molar-refractivity contribution in [2.45, 2.75) is 45.4 Å². The van der Waals surface area contributed by atoms with Gasteiger partial charge in [0.1, 0.15) is 0 Å². The molecule has 1 aromatic carbocycles. The highest BCUT2D eigenvalue weighted by atomic mass is 32.1. The Morgan fingerprint density at radius 3 is 2.62 bits per heavy atom. The summed E-state index contributed by atoms with van der Waals surface area (Å²) >= 11 is 5.11. The molecule has 0 aliphatic heterocycles. The number of rotatable bonds is 9. The van der Waals surface area contributed by atoms with Crippen LogP contribution in [0, 0.1) is 0 Å². The second kappa shape index (κ2) is 11.4. The molecule has 5 nitrogen and oxygen atoms in total. The Morgan fingerprint density at radius 2 is 1.88 bits per heavy atom. The molecule has 0 amide bonds. The van der Waals surface area contributed by atoms with Gasteiger partial charge in [-0.05, 0) is 30.8 Å². The molecule has 0 aliphatic rings. The van der Waals surface area contributed by atoms with E-state index in [1.165, 1.54) is 32.1 Å². The molecule has 1 aromatic heterocycles. The Kier molecular flexibility index (Phi) is 8.83.